The summed E-state index contributed by atoms with van der Waals surface area (Å²) in [6.07, 6.45) is -0.122. The summed E-state index contributed by atoms with van der Waals surface area (Å²) in [6.45, 7) is 1.83. The Balaban J connectivity index is -0.000000245. The maximum atomic E-state index is 9.84. The van der Waals surface area contributed by atoms with Gasteiger partial charge in [-0.15, -0.1) is 0 Å². The maximum absolute atomic E-state index is 9.84. The van der Waals surface area contributed by atoms with Crippen LogP contribution >= 0.6 is 0 Å². The van der Waals surface area contributed by atoms with Gasteiger partial charge in [0.15, 0.2) is 6.10 Å². The summed E-state index contributed by atoms with van der Waals surface area (Å²) in [5.74, 6) is -1.13. The van der Waals surface area contributed by atoms with Crippen LogP contribution in [0.2, 0.25) is 0 Å². The Kier molecular flexibility index (Phi) is 17.7. The SMILES string of the molecule is CCC[C@H](O)C(=O)O.[CaH2].[SeH2]. The fourth-order valence-corrected chi connectivity index (χ4v) is 0.397. The van der Waals surface area contributed by atoms with Crippen molar-refractivity contribution >= 4 is 60.8 Å². The summed E-state index contributed by atoms with van der Waals surface area (Å²) in [5.41, 5.74) is 0. The van der Waals surface area contributed by atoms with Gasteiger partial charge in [-0.2, -0.15) is 0 Å². The number of carbonyl (C=O) groups is 1. The summed E-state index contributed by atoms with van der Waals surface area (Å²) in [7, 11) is 0. The molecule has 0 unspecified atom stereocenters. The van der Waals surface area contributed by atoms with Gasteiger partial charge in [-0.3, -0.25) is 0 Å². The molecule has 0 rings (SSSR count). The molecule has 0 aliphatic heterocycles. The average molecular weight is 241 g/mol. The summed E-state index contributed by atoms with van der Waals surface area (Å²) >= 11 is 0. The van der Waals surface area contributed by atoms with E-state index in [-0.39, 0.29) is 54.8 Å². The first kappa shape index (κ1) is 17.3. The van der Waals surface area contributed by atoms with Crippen molar-refractivity contribution < 1.29 is 15.0 Å². The quantitative estimate of drug-likeness (QED) is 0.585. The van der Waals surface area contributed by atoms with Crippen molar-refractivity contribution in [2.75, 3.05) is 0 Å². The van der Waals surface area contributed by atoms with E-state index in [1.807, 2.05) is 6.92 Å². The molecule has 0 heterocycles. The number of aliphatic hydroxyl groups excluding tert-OH is 1. The zero-order chi connectivity index (χ0) is 6.57. The van der Waals surface area contributed by atoms with Gasteiger partial charge in [-0.25, -0.2) is 4.79 Å². The molecule has 0 aromatic rings. The Morgan fingerprint density at radius 3 is 2.10 bits per heavy atom. The fraction of sp³-hybridized carbons (Fsp3) is 0.800. The van der Waals surface area contributed by atoms with E-state index in [9.17, 15) is 4.79 Å². The first-order chi connectivity index (χ1) is 3.68. The molecular formula is C5H14CaO3Se. The molecule has 0 aromatic carbocycles. The molecule has 0 radical (unpaired) electrons. The molecule has 5 heteroatoms. The molecular weight excluding hydrogens is 227 g/mol. The first-order valence-corrected chi connectivity index (χ1v) is 2.59. The van der Waals surface area contributed by atoms with E-state index in [1.165, 1.54) is 0 Å². The van der Waals surface area contributed by atoms with Crippen LogP contribution < -0.4 is 0 Å². The first-order valence-electron chi connectivity index (χ1n) is 2.59. The molecule has 0 saturated carbocycles. The van der Waals surface area contributed by atoms with Crippen LogP contribution in [0.4, 0.5) is 0 Å². The number of hydrogen-bond donors (Lipinski definition) is 2. The molecule has 0 bridgehead atoms. The van der Waals surface area contributed by atoms with Crippen molar-refractivity contribution in [3.8, 4) is 0 Å². The van der Waals surface area contributed by atoms with E-state index in [4.69, 9.17) is 10.2 Å². The third-order valence-corrected chi connectivity index (χ3v) is 0.847. The molecule has 2 N–H and O–H groups in total. The van der Waals surface area contributed by atoms with Gasteiger partial charge in [0, 0.05) is 0 Å². The van der Waals surface area contributed by atoms with Gasteiger partial charge in [0.05, 0.1) is 0 Å². The predicted octanol–water partition coefficient (Wildman–Crippen LogP) is -1.60. The molecule has 1 atom stereocenters. The zero-order valence-electron chi connectivity index (χ0n) is 5.29. The minimum absolute atomic E-state index is 0. The summed E-state index contributed by atoms with van der Waals surface area (Å²) in [6, 6.07) is 0. The Morgan fingerprint density at radius 2 is 2.00 bits per heavy atom. The molecule has 0 spiro atoms. The molecule has 0 aliphatic carbocycles. The van der Waals surface area contributed by atoms with Crippen molar-refractivity contribution in [2.45, 2.75) is 25.9 Å². The van der Waals surface area contributed by atoms with E-state index in [0.29, 0.717) is 12.8 Å². The van der Waals surface area contributed by atoms with E-state index < -0.39 is 12.1 Å². The summed E-state index contributed by atoms with van der Waals surface area (Å²) in [5, 5.41) is 16.6. The monoisotopic (exact) mass is 242 g/mol. The number of hydrogen-bond acceptors (Lipinski definition) is 2. The van der Waals surface area contributed by atoms with E-state index in [1.54, 1.807) is 0 Å². The number of aliphatic hydroxyl groups is 1. The molecule has 3 nitrogen and oxygen atoms in total. The molecule has 0 aliphatic rings. The van der Waals surface area contributed by atoms with Crippen LogP contribution in [0.3, 0.4) is 0 Å². The van der Waals surface area contributed by atoms with Crippen molar-refractivity contribution in [3.63, 3.8) is 0 Å². The van der Waals surface area contributed by atoms with E-state index >= 15 is 0 Å². The molecule has 10 heavy (non-hydrogen) atoms. The topological polar surface area (TPSA) is 57.5 Å². The third kappa shape index (κ3) is 9.21. The van der Waals surface area contributed by atoms with Crippen LogP contribution in [0.1, 0.15) is 19.8 Å². The van der Waals surface area contributed by atoms with Crippen LogP contribution in [0.5, 0.6) is 0 Å². The number of carboxylic acids is 1. The predicted molar refractivity (Wildman–Crippen MR) is 45.6 cm³/mol. The Morgan fingerprint density at radius 1 is 1.60 bits per heavy atom. The molecule has 60 valence electrons. The third-order valence-electron chi connectivity index (χ3n) is 0.847. The summed E-state index contributed by atoms with van der Waals surface area (Å²) in [4.78, 5) is 9.84. The van der Waals surface area contributed by atoms with Gasteiger partial charge < -0.3 is 10.2 Å². The van der Waals surface area contributed by atoms with Gasteiger partial charge in [0.25, 0.3) is 0 Å². The normalized spacial score (nSPS) is 10.6. The van der Waals surface area contributed by atoms with Gasteiger partial charge in [0.1, 0.15) is 0 Å². The molecule has 0 amide bonds. The molecule has 0 saturated heterocycles. The minimum atomic E-state index is -1.17. The second kappa shape index (κ2) is 10.2. The Labute approximate surface area is 101 Å². The second-order valence-electron chi connectivity index (χ2n) is 1.64. The fourth-order valence-electron chi connectivity index (χ4n) is 0.397. The van der Waals surface area contributed by atoms with Crippen LogP contribution in [-0.4, -0.2) is 77.1 Å². The van der Waals surface area contributed by atoms with Crippen LogP contribution in [-0.2, 0) is 4.79 Å². The van der Waals surface area contributed by atoms with E-state index in [0.717, 1.165) is 0 Å². The van der Waals surface area contributed by atoms with Crippen molar-refractivity contribution in [1.29, 1.82) is 0 Å². The van der Waals surface area contributed by atoms with Crippen molar-refractivity contribution in [3.05, 3.63) is 0 Å². The number of rotatable bonds is 3. The van der Waals surface area contributed by atoms with Crippen molar-refractivity contribution in [1.82, 2.24) is 0 Å². The standard InChI is InChI=1S/C5H10O3.Ca.H2Se.2H/c1-2-3-4(6)5(7)8;;;;/h4,6H,2-3H2,1H3,(H,7,8);;1H2;;/t4-;;;;/m0..../s1. The molecule has 0 fully saturated rings. The van der Waals surface area contributed by atoms with Crippen molar-refractivity contribution in [2.24, 2.45) is 0 Å². The Bertz CT molecular complexity index is 89.0. The van der Waals surface area contributed by atoms with Gasteiger partial charge >= 0.3 is 60.8 Å². The van der Waals surface area contributed by atoms with Crippen LogP contribution in [0.25, 0.3) is 0 Å². The second-order valence-corrected chi connectivity index (χ2v) is 1.64. The number of aliphatic carboxylic acids is 1. The zero-order valence-corrected chi connectivity index (χ0v) is 7.39. The van der Waals surface area contributed by atoms with Crippen LogP contribution in [0, 0.1) is 0 Å². The summed E-state index contributed by atoms with van der Waals surface area (Å²) < 4.78 is 0. The Hall–Kier alpha value is 1.21. The van der Waals surface area contributed by atoms with Crippen LogP contribution in [0.15, 0.2) is 0 Å². The van der Waals surface area contributed by atoms with Gasteiger partial charge in [0.2, 0.25) is 0 Å². The number of carboxylic acid groups (broad SMARTS) is 1. The van der Waals surface area contributed by atoms with Gasteiger partial charge in [-0.1, -0.05) is 13.3 Å². The van der Waals surface area contributed by atoms with E-state index in [2.05, 4.69) is 0 Å². The van der Waals surface area contributed by atoms with Gasteiger partial charge in [-0.05, 0) is 6.42 Å². The molecule has 0 aromatic heterocycles. The average Bonchev–Trinajstić information content (AvgIpc) is 1.67.